The number of ether oxygens (including phenoxy) is 1. The highest BCUT2D eigenvalue weighted by molar-refractivity contribution is 6.00. The van der Waals surface area contributed by atoms with Crippen LogP contribution >= 0.6 is 0 Å². The number of nitrogens with one attached hydrogen (secondary N) is 1. The molecule has 1 atom stereocenters. The fraction of sp³-hybridized carbons (Fsp3) is 0.500. The van der Waals surface area contributed by atoms with Gasteiger partial charge in [-0.3, -0.25) is 5.41 Å². The molecule has 0 aromatic heterocycles. The van der Waals surface area contributed by atoms with Crippen molar-refractivity contribution in [2.45, 2.75) is 25.1 Å². The van der Waals surface area contributed by atoms with Crippen LogP contribution in [-0.2, 0) is 10.9 Å². The monoisotopic (exact) mass is 301 g/mol. The van der Waals surface area contributed by atoms with Crippen molar-refractivity contribution in [1.82, 2.24) is 0 Å². The minimum atomic E-state index is -4.44. The number of halogens is 3. The maximum absolute atomic E-state index is 12.8. The number of nitrogens with two attached hydrogens (primary N) is 1. The standard InChI is InChI=1S/C14H18F3N3O/c1-21-10-3-2-6-20(8-10)12-5-4-9(14(15,16)17)7-11(12)13(18)19/h4-5,7,10H,2-3,6,8H2,1H3,(H3,18,19). The molecule has 1 aliphatic heterocycles. The molecular formula is C14H18F3N3O. The van der Waals surface area contributed by atoms with Crippen molar-refractivity contribution in [3.05, 3.63) is 29.3 Å². The number of alkyl halides is 3. The summed E-state index contributed by atoms with van der Waals surface area (Å²) in [4.78, 5) is 1.93. The van der Waals surface area contributed by atoms with Crippen LogP contribution in [0.1, 0.15) is 24.0 Å². The smallest absolute Gasteiger partial charge is 0.384 e. The van der Waals surface area contributed by atoms with Crippen LogP contribution in [0.5, 0.6) is 0 Å². The van der Waals surface area contributed by atoms with Crippen LogP contribution in [0.3, 0.4) is 0 Å². The van der Waals surface area contributed by atoms with Gasteiger partial charge >= 0.3 is 6.18 Å². The zero-order chi connectivity index (χ0) is 15.6. The van der Waals surface area contributed by atoms with E-state index in [1.807, 2.05) is 4.90 Å². The molecule has 21 heavy (non-hydrogen) atoms. The van der Waals surface area contributed by atoms with Gasteiger partial charge in [-0.15, -0.1) is 0 Å². The van der Waals surface area contributed by atoms with E-state index >= 15 is 0 Å². The molecule has 1 aromatic carbocycles. The Morgan fingerprint density at radius 2 is 2.14 bits per heavy atom. The second-order valence-electron chi connectivity index (χ2n) is 5.09. The van der Waals surface area contributed by atoms with Crippen molar-refractivity contribution >= 4 is 11.5 Å². The van der Waals surface area contributed by atoms with Gasteiger partial charge in [-0.05, 0) is 31.0 Å². The van der Waals surface area contributed by atoms with Gasteiger partial charge in [0.25, 0.3) is 0 Å². The van der Waals surface area contributed by atoms with E-state index in [0.29, 0.717) is 18.8 Å². The zero-order valence-corrected chi connectivity index (χ0v) is 11.7. The van der Waals surface area contributed by atoms with Crippen LogP contribution in [0.15, 0.2) is 18.2 Å². The van der Waals surface area contributed by atoms with Gasteiger partial charge in [0, 0.05) is 31.5 Å². The number of nitrogens with zero attached hydrogens (tertiary/aromatic N) is 1. The van der Waals surface area contributed by atoms with Gasteiger partial charge in [-0.25, -0.2) is 0 Å². The van der Waals surface area contributed by atoms with Crippen LogP contribution < -0.4 is 10.6 Å². The number of hydrogen-bond donors (Lipinski definition) is 2. The molecule has 0 amide bonds. The first-order valence-electron chi connectivity index (χ1n) is 6.66. The molecule has 116 valence electrons. The second kappa shape index (κ2) is 5.93. The van der Waals surface area contributed by atoms with E-state index in [9.17, 15) is 13.2 Å². The number of methoxy groups -OCH3 is 1. The summed E-state index contributed by atoms with van der Waals surface area (Å²) in [5.41, 5.74) is 5.33. The van der Waals surface area contributed by atoms with Crippen LogP contribution in [0.25, 0.3) is 0 Å². The summed E-state index contributed by atoms with van der Waals surface area (Å²) in [5.74, 6) is -0.365. The summed E-state index contributed by atoms with van der Waals surface area (Å²) < 4.78 is 43.6. The number of anilines is 1. The topological polar surface area (TPSA) is 62.3 Å². The van der Waals surface area contributed by atoms with Gasteiger partial charge in [0.15, 0.2) is 0 Å². The third-order valence-electron chi connectivity index (χ3n) is 3.67. The summed E-state index contributed by atoms with van der Waals surface area (Å²) in [7, 11) is 1.62. The first-order valence-corrected chi connectivity index (χ1v) is 6.66. The van der Waals surface area contributed by atoms with E-state index in [2.05, 4.69) is 0 Å². The molecule has 0 aliphatic carbocycles. The zero-order valence-electron chi connectivity index (χ0n) is 11.7. The normalized spacial score (nSPS) is 19.6. The molecule has 1 aromatic rings. The number of benzene rings is 1. The third kappa shape index (κ3) is 3.47. The van der Waals surface area contributed by atoms with E-state index in [1.165, 1.54) is 6.07 Å². The Bertz CT molecular complexity index is 531. The Balaban J connectivity index is 2.37. The van der Waals surface area contributed by atoms with E-state index in [0.717, 1.165) is 25.0 Å². The van der Waals surface area contributed by atoms with Gasteiger partial charge in [0.1, 0.15) is 5.84 Å². The van der Waals surface area contributed by atoms with Gasteiger partial charge in [-0.2, -0.15) is 13.2 Å². The average molecular weight is 301 g/mol. The molecular weight excluding hydrogens is 283 g/mol. The molecule has 0 spiro atoms. The Hall–Kier alpha value is -1.76. The summed E-state index contributed by atoms with van der Waals surface area (Å²) in [6, 6.07) is 3.35. The van der Waals surface area contributed by atoms with Crippen molar-refractivity contribution in [3.63, 3.8) is 0 Å². The van der Waals surface area contributed by atoms with E-state index in [4.69, 9.17) is 15.9 Å². The van der Waals surface area contributed by atoms with E-state index in [1.54, 1.807) is 7.11 Å². The highest BCUT2D eigenvalue weighted by atomic mass is 19.4. The molecule has 0 radical (unpaired) electrons. The molecule has 1 unspecified atom stereocenters. The van der Waals surface area contributed by atoms with Gasteiger partial charge < -0.3 is 15.4 Å². The van der Waals surface area contributed by atoms with Crippen LogP contribution in [-0.4, -0.2) is 32.1 Å². The molecule has 3 N–H and O–H groups in total. The molecule has 1 aliphatic rings. The van der Waals surface area contributed by atoms with Gasteiger partial charge in [0.05, 0.1) is 11.7 Å². The van der Waals surface area contributed by atoms with Crippen molar-refractivity contribution in [2.24, 2.45) is 5.73 Å². The first-order chi connectivity index (χ1) is 9.82. The highest BCUT2D eigenvalue weighted by Crippen LogP contribution is 2.33. The molecule has 0 bridgehead atoms. The van der Waals surface area contributed by atoms with Crippen LogP contribution in [0.2, 0.25) is 0 Å². The largest absolute Gasteiger partial charge is 0.416 e. The molecule has 1 heterocycles. The van der Waals surface area contributed by atoms with Crippen molar-refractivity contribution in [3.8, 4) is 0 Å². The lowest BCUT2D eigenvalue weighted by molar-refractivity contribution is -0.137. The minimum Gasteiger partial charge on any atom is -0.384 e. The summed E-state index contributed by atoms with van der Waals surface area (Å²) in [6.07, 6.45) is -2.60. The molecule has 1 saturated heterocycles. The number of amidine groups is 1. The summed E-state index contributed by atoms with van der Waals surface area (Å²) in [5, 5.41) is 7.54. The lowest BCUT2D eigenvalue weighted by atomic mass is 10.0. The Labute approximate surface area is 121 Å². The van der Waals surface area contributed by atoms with Crippen LogP contribution in [0.4, 0.5) is 18.9 Å². The summed E-state index contributed by atoms with van der Waals surface area (Å²) in [6.45, 7) is 1.30. The fourth-order valence-corrected chi connectivity index (χ4v) is 2.55. The van der Waals surface area contributed by atoms with Gasteiger partial charge in [-0.1, -0.05) is 0 Å². The molecule has 1 fully saturated rings. The lowest BCUT2D eigenvalue weighted by Crippen LogP contribution is -2.40. The Morgan fingerprint density at radius 1 is 1.43 bits per heavy atom. The molecule has 2 rings (SSSR count). The maximum Gasteiger partial charge on any atom is 0.416 e. The predicted molar refractivity (Wildman–Crippen MR) is 74.7 cm³/mol. The summed E-state index contributed by atoms with van der Waals surface area (Å²) >= 11 is 0. The number of hydrogen-bond acceptors (Lipinski definition) is 3. The molecule has 0 saturated carbocycles. The molecule has 4 nitrogen and oxygen atoms in total. The SMILES string of the molecule is COC1CCCN(c2ccc(C(F)(F)F)cc2C(=N)N)C1. The van der Waals surface area contributed by atoms with Crippen molar-refractivity contribution in [1.29, 1.82) is 5.41 Å². The highest BCUT2D eigenvalue weighted by Gasteiger charge is 2.32. The predicted octanol–water partition coefficient (Wildman–Crippen LogP) is 2.60. The van der Waals surface area contributed by atoms with E-state index in [-0.39, 0.29) is 17.5 Å². The van der Waals surface area contributed by atoms with Crippen molar-refractivity contribution in [2.75, 3.05) is 25.1 Å². The second-order valence-corrected chi connectivity index (χ2v) is 5.09. The Morgan fingerprint density at radius 3 is 2.71 bits per heavy atom. The number of rotatable bonds is 3. The number of piperidine rings is 1. The van der Waals surface area contributed by atoms with Crippen LogP contribution in [0, 0.1) is 5.41 Å². The van der Waals surface area contributed by atoms with E-state index < -0.39 is 11.7 Å². The third-order valence-corrected chi connectivity index (χ3v) is 3.67. The number of nitrogen functional groups attached to an aromatic ring is 1. The quantitative estimate of drug-likeness (QED) is 0.666. The average Bonchev–Trinajstić information content (AvgIpc) is 2.45. The van der Waals surface area contributed by atoms with Gasteiger partial charge in [0.2, 0.25) is 0 Å². The fourth-order valence-electron chi connectivity index (χ4n) is 2.55. The van der Waals surface area contributed by atoms with Crippen molar-refractivity contribution < 1.29 is 17.9 Å². The maximum atomic E-state index is 12.8. The minimum absolute atomic E-state index is 0.0425. The molecule has 7 heteroatoms. The Kier molecular flexibility index (Phi) is 4.41. The lowest BCUT2D eigenvalue weighted by Gasteiger charge is -2.35. The first kappa shape index (κ1) is 15.6.